The maximum Gasteiger partial charge on any atom is 0.338 e. The molecule has 6 nitrogen and oxygen atoms in total. The molecule has 2 heterocycles. The minimum Gasteiger partial charge on any atom is -0.465 e. The van der Waals surface area contributed by atoms with E-state index >= 15 is 0 Å². The highest BCUT2D eigenvalue weighted by Gasteiger charge is 2.27. The minimum atomic E-state index is -0.315. The minimum absolute atomic E-state index is 0.114. The number of carbonyl (C=O) groups is 2. The van der Waals surface area contributed by atoms with Crippen LogP contribution in [0.5, 0.6) is 11.5 Å². The molecule has 1 atom stereocenters. The predicted octanol–water partition coefficient (Wildman–Crippen LogP) is 2.84. The first-order chi connectivity index (χ1) is 13.6. The Labute approximate surface area is 164 Å². The lowest BCUT2D eigenvalue weighted by Gasteiger charge is -2.17. The van der Waals surface area contributed by atoms with Gasteiger partial charge in [-0.1, -0.05) is 24.3 Å². The number of esters is 1. The Morgan fingerprint density at radius 1 is 1.14 bits per heavy atom. The summed E-state index contributed by atoms with van der Waals surface area (Å²) >= 11 is 0. The fourth-order valence-electron chi connectivity index (χ4n) is 3.88. The number of methoxy groups -OCH3 is 1. The third-order valence-corrected chi connectivity index (χ3v) is 5.36. The number of fused-ring (bicyclic) bond motifs is 1. The first-order valence-corrected chi connectivity index (χ1v) is 9.46. The van der Waals surface area contributed by atoms with Crippen molar-refractivity contribution in [3.05, 3.63) is 59.2 Å². The Balaban J connectivity index is 1.37. The van der Waals surface area contributed by atoms with E-state index in [1.807, 2.05) is 41.3 Å². The number of nitrogens with zero attached hydrogens (tertiary/aromatic N) is 1. The Bertz CT molecular complexity index is 894. The molecule has 0 N–H and O–H groups in total. The Hall–Kier alpha value is -3.02. The van der Waals surface area contributed by atoms with E-state index in [0.29, 0.717) is 30.2 Å². The van der Waals surface area contributed by atoms with Gasteiger partial charge in [-0.05, 0) is 48.1 Å². The first kappa shape index (κ1) is 18.3. The van der Waals surface area contributed by atoms with Gasteiger partial charge in [0.05, 0.1) is 19.1 Å². The van der Waals surface area contributed by atoms with Crippen molar-refractivity contribution in [3.8, 4) is 11.5 Å². The van der Waals surface area contributed by atoms with Crippen LogP contribution >= 0.6 is 0 Å². The molecule has 0 saturated carbocycles. The largest absolute Gasteiger partial charge is 0.465 e. The summed E-state index contributed by atoms with van der Waals surface area (Å²) in [5, 5.41) is 0. The SMILES string of the molecule is COC(=O)c1ccccc1CC1CCN(C(=O)Cc2ccc3c(c2)OCO3)C1. The normalized spacial score (nSPS) is 17.6. The highest BCUT2D eigenvalue weighted by Crippen LogP contribution is 2.33. The van der Waals surface area contributed by atoms with Crippen molar-refractivity contribution in [1.29, 1.82) is 0 Å². The van der Waals surface area contributed by atoms with Crippen LogP contribution in [0.3, 0.4) is 0 Å². The third-order valence-electron chi connectivity index (χ3n) is 5.36. The monoisotopic (exact) mass is 381 g/mol. The van der Waals surface area contributed by atoms with Crippen LogP contribution in [-0.2, 0) is 22.4 Å². The lowest BCUT2D eigenvalue weighted by atomic mass is 9.95. The van der Waals surface area contributed by atoms with E-state index in [1.165, 1.54) is 7.11 Å². The summed E-state index contributed by atoms with van der Waals surface area (Å²) in [5.74, 6) is 1.56. The van der Waals surface area contributed by atoms with Gasteiger partial charge in [-0.15, -0.1) is 0 Å². The number of likely N-dealkylation sites (tertiary alicyclic amines) is 1. The molecule has 28 heavy (non-hydrogen) atoms. The summed E-state index contributed by atoms with van der Waals surface area (Å²) in [6.45, 7) is 1.68. The van der Waals surface area contributed by atoms with Gasteiger partial charge in [0.2, 0.25) is 12.7 Å². The van der Waals surface area contributed by atoms with Crippen LogP contribution in [0.4, 0.5) is 0 Å². The van der Waals surface area contributed by atoms with Gasteiger partial charge in [-0.3, -0.25) is 4.79 Å². The molecule has 2 aliphatic heterocycles. The van der Waals surface area contributed by atoms with Crippen LogP contribution in [0.25, 0.3) is 0 Å². The van der Waals surface area contributed by atoms with E-state index in [-0.39, 0.29) is 18.7 Å². The molecule has 0 bridgehead atoms. The second kappa shape index (κ2) is 7.92. The predicted molar refractivity (Wildman–Crippen MR) is 102 cm³/mol. The zero-order valence-electron chi connectivity index (χ0n) is 15.8. The molecule has 0 aliphatic carbocycles. The molecule has 6 heteroatoms. The molecular weight excluding hydrogens is 358 g/mol. The molecule has 146 valence electrons. The quantitative estimate of drug-likeness (QED) is 0.745. The van der Waals surface area contributed by atoms with Crippen LogP contribution < -0.4 is 9.47 Å². The molecule has 1 amide bonds. The zero-order chi connectivity index (χ0) is 19.5. The number of ether oxygens (including phenoxy) is 3. The van der Waals surface area contributed by atoms with E-state index in [1.54, 1.807) is 6.07 Å². The molecule has 0 aromatic heterocycles. The molecule has 1 saturated heterocycles. The molecular formula is C22H23NO5. The maximum atomic E-state index is 12.7. The van der Waals surface area contributed by atoms with Gasteiger partial charge in [-0.2, -0.15) is 0 Å². The van der Waals surface area contributed by atoms with Crippen molar-refractivity contribution >= 4 is 11.9 Å². The van der Waals surface area contributed by atoms with E-state index in [9.17, 15) is 9.59 Å². The summed E-state index contributed by atoms with van der Waals surface area (Å²) in [6.07, 6.45) is 2.05. The number of carbonyl (C=O) groups excluding carboxylic acids is 2. The van der Waals surface area contributed by atoms with Crippen molar-refractivity contribution in [2.24, 2.45) is 5.92 Å². The Kier molecular flexibility index (Phi) is 5.19. The number of amides is 1. The van der Waals surface area contributed by atoms with Crippen molar-refractivity contribution in [2.45, 2.75) is 19.3 Å². The molecule has 2 aromatic rings. The van der Waals surface area contributed by atoms with Gasteiger partial charge in [0.15, 0.2) is 11.5 Å². The molecule has 1 fully saturated rings. The summed E-state index contributed by atoms with van der Waals surface area (Å²) in [5.41, 5.74) is 2.51. The highest BCUT2D eigenvalue weighted by molar-refractivity contribution is 5.91. The van der Waals surface area contributed by atoms with E-state index in [2.05, 4.69) is 0 Å². The van der Waals surface area contributed by atoms with Crippen molar-refractivity contribution in [1.82, 2.24) is 4.90 Å². The number of hydrogen-bond acceptors (Lipinski definition) is 5. The highest BCUT2D eigenvalue weighted by atomic mass is 16.7. The Morgan fingerprint density at radius 2 is 1.96 bits per heavy atom. The zero-order valence-corrected chi connectivity index (χ0v) is 15.8. The fraction of sp³-hybridized carbons (Fsp3) is 0.364. The van der Waals surface area contributed by atoms with Crippen LogP contribution in [0.1, 0.15) is 27.9 Å². The summed E-state index contributed by atoms with van der Waals surface area (Å²) in [4.78, 5) is 26.6. The number of rotatable bonds is 5. The second-order valence-electron chi connectivity index (χ2n) is 7.21. The summed E-state index contributed by atoms with van der Waals surface area (Å²) in [6, 6.07) is 13.2. The summed E-state index contributed by atoms with van der Waals surface area (Å²) < 4.78 is 15.6. The van der Waals surface area contributed by atoms with Crippen molar-refractivity contribution < 1.29 is 23.8 Å². The van der Waals surface area contributed by atoms with Crippen LogP contribution in [-0.4, -0.2) is 43.8 Å². The van der Waals surface area contributed by atoms with Crippen LogP contribution in [0.2, 0.25) is 0 Å². The van der Waals surface area contributed by atoms with Crippen LogP contribution in [0, 0.1) is 5.92 Å². The average molecular weight is 381 g/mol. The van der Waals surface area contributed by atoms with E-state index in [4.69, 9.17) is 14.2 Å². The Morgan fingerprint density at radius 3 is 2.82 bits per heavy atom. The lowest BCUT2D eigenvalue weighted by Crippen LogP contribution is -2.30. The topological polar surface area (TPSA) is 65.1 Å². The number of benzene rings is 2. The van der Waals surface area contributed by atoms with E-state index < -0.39 is 0 Å². The molecule has 2 aromatic carbocycles. The third kappa shape index (κ3) is 3.81. The molecule has 1 unspecified atom stereocenters. The number of hydrogen-bond donors (Lipinski definition) is 0. The van der Waals surface area contributed by atoms with Gasteiger partial charge in [0.25, 0.3) is 0 Å². The molecule has 4 rings (SSSR count). The molecule has 0 radical (unpaired) electrons. The standard InChI is InChI=1S/C22H23NO5/c1-26-22(25)18-5-3-2-4-17(18)10-16-8-9-23(13-16)21(24)12-15-6-7-19-20(11-15)28-14-27-19/h2-7,11,16H,8-10,12-14H2,1H3. The second-order valence-corrected chi connectivity index (χ2v) is 7.21. The molecule has 2 aliphatic rings. The van der Waals surface area contributed by atoms with Crippen molar-refractivity contribution in [3.63, 3.8) is 0 Å². The van der Waals surface area contributed by atoms with Gasteiger partial charge < -0.3 is 19.1 Å². The van der Waals surface area contributed by atoms with Gasteiger partial charge >= 0.3 is 5.97 Å². The summed E-state index contributed by atoms with van der Waals surface area (Å²) in [7, 11) is 1.39. The maximum absolute atomic E-state index is 12.7. The fourth-order valence-corrected chi connectivity index (χ4v) is 3.88. The van der Waals surface area contributed by atoms with Gasteiger partial charge in [0, 0.05) is 13.1 Å². The van der Waals surface area contributed by atoms with Crippen LogP contribution in [0.15, 0.2) is 42.5 Å². The van der Waals surface area contributed by atoms with Gasteiger partial charge in [0.1, 0.15) is 0 Å². The van der Waals surface area contributed by atoms with Gasteiger partial charge in [-0.25, -0.2) is 4.79 Å². The van der Waals surface area contributed by atoms with Crippen molar-refractivity contribution in [2.75, 3.05) is 27.0 Å². The smallest absolute Gasteiger partial charge is 0.338 e. The first-order valence-electron chi connectivity index (χ1n) is 9.46. The molecule has 0 spiro atoms. The average Bonchev–Trinajstić information content (AvgIpc) is 3.37. The van der Waals surface area contributed by atoms with E-state index in [0.717, 1.165) is 36.3 Å². The lowest BCUT2D eigenvalue weighted by molar-refractivity contribution is -0.129.